The Labute approximate surface area is 33.5 Å². The van der Waals surface area contributed by atoms with Crippen molar-refractivity contribution in [3.05, 3.63) is 0 Å². The van der Waals surface area contributed by atoms with Crippen LogP contribution in [-0.4, -0.2) is 6.79 Å². The second-order valence-electron chi connectivity index (χ2n) is 0.604. The molecule has 1 saturated heterocycles. The Morgan fingerprint density at radius 3 is 2.00 bits per heavy atom. The van der Waals surface area contributed by atoms with Crippen molar-refractivity contribution in [3.63, 3.8) is 0 Å². The van der Waals surface area contributed by atoms with Gasteiger partial charge in [-0.05, 0) is 5.64 Å². The van der Waals surface area contributed by atoms with Crippen molar-refractivity contribution in [1.29, 1.82) is 0 Å². The number of rotatable bonds is 0. The summed E-state index contributed by atoms with van der Waals surface area (Å²) in [5.74, 6) is 0. The highest BCUT2D eigenvalue weighted by atomic mass is 17.5. The van der Waals surface area contributed by atoms with Crippen LogP contribution in [0.1, 0.15) is 0 Å². The van der Waals surface area contributed by atoms with Crippen LogP contribution in [0.5, 0.6) is 0 Å². The Hall–Kier alpha value is -0.200. The molecule has 0 unspecified atom stereocenters. The molecule has 0 atom stereocenters. The number of hydrogen-bond acceptors (Lipinski definition) is 5. The summed E-state index contributed by atoms with van der Waals surface area (Å²) in [5.41, 5.74) is 1.84. The molecule has 0 spiro atoms. The van der Waals surface area contributed by atoms with Gasteiger partial charge < -0.3 is 0 Å². The minimum atomic E-state index is -0.00694. The van der Waals surface area contributed by atoms with E-state index in [1.54, 1.807) is 0 Å². The van der Waals surface area contributed by atoms with E-state index in [1.807, 2.05) is 5.64 Å². The first-order chi connectivity index (χ1) is 3.00. The molecule has 0 radical (unpaired) electrons. The Morgan fingerprint density at radius 1 is 1.17 bits per heavy atom. The van der Waals surface area contributed by atoms with E-state index < -0.39 is 0 Å². The smallest absolute Gasteiger partial charge is 0.184 e. The molecule has 1 N–H and O–H groups in total. The second kappa shape index (κ2) is 2.06. The first-order valence-corrected chi connectivity index (χ1v) is 1.32. The van der Waals surface area contributed by atoms with Crippen LogP contribution >= 0.6 is 0 Å². The summed E-state index contributed by atoms with van der Waals surface area (Å²) in [4.78, 5) is 16.2. The summed E-state index contributed by atoms with van der Waals surface area (Å²) >= 11 is 0. The van der Waals surface area contributed by atoms with Crippen LogP contribution in [0.2, 0.25) is 0 Å². The van der Waals surface area contributed by atoms with Gasteiger partial charge in [-0.3, -0.25) is 0 Å². The monoisotopic (exact) mass is 93.0 g/mol. The van der Waals surface area contributed by atoms with Crippen LogP contribution in [0.3, 0.4) is 0 Å². The molecule has 1 fully saturated rings. The molecule has 1 aliphatic rings. The van der Waals surface area contributed by atoms with Crippen molar-refractivity contribution in [3.8, 4) is 0 Å². The molecule has 6 heavy (non-hydrogen) atoms. The molecule has 1 heterocycles. The summed E-state index contributed by atoms with van der Waals surface area (Å²) < 4.78 is 0. The molecule has 5 heteroatoms. The van der Waals surface area contributed by atoms with Crippen LogP contribution in [0.15, 0.2) is 0 Å². The fraction of sp³-hybridized carbons (Fsp3) is 1.00. The van der Waals surface area contributed by atoms with Crippen LogP contribution in [0, 0.1) is 0 Å². The highest BCUT2D eigenvalue weighted by Crippen LogP contribution is 1.83. The van der Waals surface area contributed by atoms with Gasteiger partial charge in [0.1, 0.15) is 0 Å². The first-order valence-electron chi connectivity index (χ1n) is 1.32. The Bertz CT molecular complexity index is 23.0. The Balaban J connectivity index is 2.00. The summed E-state index contributed by atoms with van der Waals surface area (Å²) in [6.07, 6.45) is 0. The summed E-state index contributed by atoms with van der Waals surface area (Å²) in [7, 11) is 0. The SMILES string of the molecule is C1OONOO1. The maximum absolute atomic E-state index is 4.11. The minimum Gasteiger partial charge on any atom is -0.184 e. The van der Waals surface area contributed by atoms with E-state index >= 15 is 0 Å². The van der Waals surface area contributed by atoms with Gasteiger partial charge in [-0.2, -0.15) is 9.78 Å². The van der Waals surface area contributed by atoms with Gasteiger partial charge in [-0.1, -0.05) is 0 Å². The van der Waals surface area contributed by atoms with E-state index in [9.17, 15) is 0 Å². The molecule has 0 amide bonds. The third-order valence-corrected chi connectivity index (χ3v) is 0.282. The van der Waals surface area contributed by atoms with Crippen LogP contribution in [-0.2, 0) is 19.8 Å². The lowest BCUT2D eigenvalue weighted by Crippen LogP contribution is -2.23. The number of hydrogen-bond donors (Lipinski definition) is 1. The average Bonchev–Trinajstić information content (AvgIpc) is 1.72. The Kier molecular flexibility index (Phi) is 1.36. The van der Waals surface area contributed by atoms with Gasteiger partial charge in [0.05, 0.1) is 0 Å². The molecule has 36 valence electrons. The van der Waals surface area contributed by atoms with Crippen molar-refractivity contribution >= 4 is 0 Å². The molecular weight excluding hydrogens is 90.0 g/mol. The average molecular weight is 93.0 g/mol. The van der Waals surface area contributed by atoms with E-state index in [-0.39, 0.29) is 6.79 Å². The van der Waals surface area contributed by atoms with E-state index in [1.165, 1.54) is 0 Å². The number of nitrogens with one attached hydrogen (secondary N) is 1. The lowest BCUT2D eigenvalue weighted by molar-refractivity contribution is -0.579. The molecule has 0 aromatic carbocycles. The van der Waals surface area contributed by atoms with Crippen molar-refractivity contribution in [2.45, 2.75) is 0 Å². The van der Waals surface area contributed by atoms with Gasteiger partial charge in [-0.15, -0.1) is 9.98 Å². The van der Waals surface area contributed by atoms with E-state index in [0.717, 1.165) is 0 Å². The third-order valence-electron chi connectivity index (χ3n) is 0.282. The molecule has 1 aliphatic heterocycles. The first kappa shape index (κ1) is 3.97. The lowest BCUT2D eigenvalue weighted by Gasteiger charge is -2.07. The highest BCUT2D eigenvalue weighted by molar-refractivity contribution is 3.77. The van der Waals surface area contributed by atoms with Crippen LogP contribution in [0.4, 0.5) is 0 Å². The van der Waals surface area contributed by atoms with Crippen LogP contribution < -0.4 is 5.64 Å². The summed E-state index contributed by atoms with van der Waals surface area (Å²) in [6.45, 7) is -0.00694. The van der Waals surface area contributed by atoms with Crippen LogP contribution in [0.25, 0.3) is 0 Å². The van der Waals surface area contributed by atoms with Gasteiger partial charge >= 0.3 is 0 Å². The largest absolute Gasteiger partial charge is 0.218 e. The van der Waals surface area contributed by atoms with Crippen molar-refractivity contribution < 1.29 is 19.8 Å². The second-order valence-corrected chi connectivity index (χ2v) is 0.604. The minimum absolute atomic E-state index is 0.00694. The summed E-state index contributed by atoms with van der Waals surface area (Å²) in [5, 5.41) is 0. The molecule has 5 nitrogen and oxygen atoms in total. The quantitative estimate of drug-likeness (QED) is 0.400. The standard InChI is InChI=1S/CH3NO4/c1-3-5-2-6-4-1/h2H,1H2. The van der Waals surface area contributed by atoms with Gasteiger partial charge in [-0.25, -0.2) is 0 Å². The van der Waals surface area contributed by atoms with Crippen molar-refractivity contribution in [2.24, 2.45) is 0 Å². The van der Waals surface area contributed by atoms with Gasteiger partial charge in [0.15, 0.2) is 0 Å². The van der Waals surface area contributed by atoms with E-state index in [2.05, 4.69) is 19.8 Å². The Morgan fingerprint density at radius 2 is 1.83 bits per heavy atom. The fourth-order valence-corrected chi connectivity index (χ4v) is 0.130. The third kappa shape index (κ3) is 0.886. The topological polar surface area (TPSA) is 49.0 Å². The molecule has 0 aromatic rings. The molecule has 0 bridgehead atoms. The molecule has 0 aromatic heterocycles. The predicted molar refractivity (Wildman–Crippen MR) is 12.3 cm³/mol. The maximum Gasteiger partial charge on any atom is 0.218 e. The van der Waals surface area contributed by atoms with Gasteiger partial charge in [0.2, 0.25) is 6.79 Å². The maximum atomic E-state index is 4.11. The zero-order valence-corrected chi connectivity index (χ0v) is 2.84. The fourth-order valence-electron chi connectivity index (χ4n) is 0.130. The highest BCUT2D eigenvalue weighted by Gasteiger charge is 1.95. The van der Waals surface area contributed by atoms with Crippen molar-refractivity contribution in [2.75, 3.05) is 6.79 Å². The zero-order valence-electron chi connectivity index (χ0n) is 2.84. The normalized spacial score (nSPS) is 24.0. The van der Waals surface area contributed by atoms with E-state index in [0.29, 0.717) is 0 Å². The zero-order chi connectivity index (χ0) is 4.24. The van der Waals surface area contributed by atoms with Gasteiger partial charge in [0.25, 0.3) is 0 Å². The van der Waals surface area contributed by atoms with Gasteiger partial charge in [0, 0.05) is 0 Å². The van der Waals surface area contributed by atoms with E-state index in [4.69, 9.17) is 0 Å². The molecule has 0 aliphatic carbocycles. The predicted octanol–water partition coefficient (Wildman–Crippen LogP) is -0.727. The van der Waals surface area contributed by atoms with Crippen molar-refractivity contribution in [1.82, 2.24) is 5.64 Å². The molecule has 0 saturated carbocycles. The summed E-state index contributed by atoms with van der Waals surface area (Å²) in [6, 6.07) is 0. The molecule has 1 rings (SSSR count). The molecular formula is CH3NO4. The lowest BCUT2D eigenvalue weighted by atomic mass is 11.5.